The number of fused-ring (bicyclic) bond motifs is 4. The van der Waals surface area contributed by atoms with Gasteiger partial charge in [0.2, 0.25) is 5.91 Å². The lowest BCUT2D eigenvalue weighted by Gasteiger charge is -2.34. The van der Waals surface area contributed by atoms with Crippen LogP contribution >= 0.6 is 0 Å². The second kappa shape index (κ2) is 8.78. The van der Waals surface area contributed by atoms with E-state index < -0.39 is 17.6 Å². The Morgan fingerprint density at radius 3 is 2.41 bits per heavy atom. The predicted molar refractivity (Wildman–Crippen MR) is 126 cm³/mol. The lowest BCUT2D eigenvalue weighted by molar-refractivity contribution is -0.155. The van der Waals surface area contributed by atoms with Crippen molar-refractivity contribution in [1.82, 2.24) is 10.2 Å². The third-order valence-electron chi connectivity index (χ3n) is 7.62. The largest absolute Gasteiger partial charge is 0.479 e. The van der Waals surface area contributed by atoms with E-state index in [1.807, 2.05) is 31.2 Å². The van der Waals surface area contributed by atoms with E-state index in [9.17, 15) is 19.5 Å². The highest BCUT2D eigenvalue weighted by atomic mass is 16.5. The summed E-state index contributed by atoms with van der Waals surface area (Å²) in [6, 6.07) is 16.3. The van der Waals surface area contributed by atoms with Gasteiger partial charge in [-0.25, -0.2) is 9.59 Å². The Labute approximate surface area is 199 Å². The molecule has 3 atom stereocenters. The molecule has 34 heavy (non-hydrogen) atoms. The first-order chi connectivity index (χ1) is 16.4. The van der Waals surface area contributed by atoms with Crippen LogP contribution in [0.5, 0.6) is 0 Å². The molecule has 0 bridgehead atoms. The van der Waals surface area contributed by atoms with E-state index in [2.05, 4.69) is 29.6 Å². The standard InChI is InChI=1S/C27H30N2O5/c1-17(13-24(30)29-12-6-7-18-14-27(18,29)25(31)32)15-28-26(33)34-16-23-21-10-4-2-8-19(21)20-9-3-5-11-22(20)23/h2-5,8-11,17-18,23H,6-7,12-16H2,1H3,(H,28,33)(H,31,32)/t17?,18-,27+/m1/s1. The molecule has 2 fully saturated rings. The maximum Gasteiger partial charge on any atom is 0.407 e. The number of amides is 2. The van der Waals surface area contributed by atoms with Crippen LogP contribution in [0, 0.1) is 11.8 Å². The summed E-state index contributed by atoms with van der Waals surface area (Å²) < 4.78 is 5.56. The molecule has 1 unspecified atom stereocenters. The van der Waals surface area contributed by atoms with E-state index in [1.165, 1.54) is 11.1 Å². The molecule has 2 aromatic rings. The van der Waals surface area contributed by atoms with Crippen molar-refractivity contribution in [2.45, 2.75) is 44.1 Å². The third-order valence-corrected chi connectivity index (χ3v) is 7.62. The van der Waals surface area contributed by atoms with Crippen LogP contribution < -0.4 is 5.32 Å². The molecule has 178 valence electrons. The number of nitrogens with one attached hydrogen (secondary N) is 1. The van der Waals surface area contributed by atoms with Gasteiger partial charge in [0.1, 0.15) is 12.1 Å². The minimum Gasteiger partial charge on any atom is -0.479 e. The summed E-state index contributed by atoms with van der Waals surface area (Å²) in [5, 5.41) is 12.4. The van der Waals surface area contributed by atoms with E-state index >= 15 is 0 Å². The van der Waals surface area contributed by atoms with Crippen LogP contribution in [0.1, 0.15) is 49.7 Å². The number of benzene rings is 2. The van der Waals surface area contributed by atoms with Crippen molar-refractivity contribution in [3.63, 3.8) is 0 Å². The van der Waals surface area contributed by atoms with Gasteiger partial charge in [-0.2, -0.15) is 0 Å². The Hall–Kier alpha value is -3.35. The fourth-order valence-corrected chi connectivity index (χ4v) is 5.80. The van der Waals surface area contributed by atoms with Crippen molar-refractivity contribution in [3.8, 4) is 11.1 Å². The first-order valence-corrected chi connectivity index (χ1v) is 12.0. The molecule has 1 heterocycles. The number of rotatable bonds is 7. The van der Waals surface area contributed by atoms with Crippen molar-refractivity contribution in [2.75, 3.05) is 19.7 Å². The van der Waals surface area contributed by atoms with Crippen LogP contribution in [-0.4, -0.2) is 53.2 Å². The lowest BCUT2D eigenvalue weighted by atomic mass is 9.98. The summed E-state index contributed by atoms with van der Waals surface area (Å²) in [4.78, 5) is 38.6. The summed E-state index contributed by atoms with van der Waals surface area (Å²) in [6.07, 6.45) is 1.96. The fraction of sp³-hybridized carbons (Fsp3) is 0.444. The number of carboxylic acids is 1. The minimum absolute atomic E-state index is 0.00468. The monoisotopic (exact) mass is 462 g/mol. The van der Waals surface area contributed by atoms with Gasteiger partial charge in [-0.05, 0) is 53.4 Å². The van der Waals surface area contributed by atoms with E-state index in [-0.39, 0.29) is 36.7 Å². The molecule has 7 nitrogen and oxygen atoms in total. The van der Waals surface area contributed by atoms with Gasteiger partial charge in [-0.15, -0.1) is 0 Å². The van der Waals surface area contributed by atoms with Crippen LogP contribution in [0.4, 0.5) is 4.79 Å². The average molecular weight is 463 g/mol. The first-order valence-electron chi connectivity index (χ1n) is 12.0. The molecule has 0 spiro atoms. The molecular formula is C27H30N2O5. The quantitative estimate of drug-likeness (QED) is 0.648. The number of hydrogen-bond donors (Lipinski definition) is 2. The first kappa shape index (κ1) is 22.4. The van der Waals surface area contributed by atoms with Gasteiger partial charge in [-0.3, -0.25) is 4.79 Å². The molecule has 5 rings (SSSR count). The fourth-order valence-electron chi connectivity index (χ4n) is 5.80. The minimum atomic E-state index is -0.991. The normalized spacial score (nSPS) is 23.3. The van der Waals surface area contributed by atoms with Crippen molar-refractivity contribution in [3.05, 3.63) is 59.7 Å². The highest BCUT2D eigenvalue weighted by Crippen LogP contribution is 2.54. The smallest absolute Gasteiger partial charge is 0.407 e. The van der Waals surface area contributed by atoms with E-state index in [0.29, 0.717) is 19.5 Å². The number of alkyl carbamates (subject to hydrolysis) is 1. The van der Waals surface area contributed by atoms with Gasteiger partial charge in [0.15, 0.2) is 0 Å². The van der Waals surface area contributed by atoms with E-state index in [4.69, 9.17) is 4.74 Å². The molecular weight excluding hydrogens is 432 g/mol. The van der Waals surface area contributed by atoms with Crippen LogP contribution in [0.25, 0.3) is 11.1 Å². The maximum absolute atomic E-state index is 12.9. The average Bonchev–Trinajstić information content (AvgIpc) is 3.52. The number of carbonyl (C=O) groups excluding carboxylic acids is 2. The zero-order valence-electron chi connectivity index (χ0n) is 19.3. The Balaban J connectivity index is 1.12. The SMILES string of the molecule is CC(CNC(=O)OCC1c2ccccc2-c2ccccc21)CC(=O)N1CCC[C@@H]2C[C@@]21C(=O)O. The molecule has 2 N–H and O–H groups in total. The van der Waals surface area contributed by atoms with Crippen molar-refractivity contribution in [2.24, 2.45) is 11.8 Å². The molecule has 2 aromatic carbocycles. The zero-order chi connectivity index (χ0) is 23.9. The summed E-state index contributed by atoms with van der Waals surface area (Å²) in [5.74, 6) is -1.09. The topological polar surface area (TPSA) is 95.9 Å². The second-order valence-corrected chi connectivity index (χ2v) is 9.83. The lowest BCUT2D eigenvalue weighted by Crippen LogP contribution is -2.51. The number of aliphatic carboxylic acids is 1. The molecule has 2 amide bonds. The number of nitrogens with zero attached hydrogens (tertiary/aromatic N) is 1. The zero-order valence-corrected chi connectivity index (χ0v) is 19.3. The predicted octanol–water partition coefficient (Wildman–Crippen LogP) is 4.02. The summed E-state index contributed by atoms with van der Waals surface area (Å²) >= 11 is 0. The molecule has 1 saturated carbocycles. The van der Waals surface area contributed by atoms with Gasteiger partial charge >= 0.3 is 12.1 Å². The number of piperidine rings is 1. The number of carboxylic acid groups (broad SMARTS) is 1. The van der Waals surface area contributed by atoms with Gasteiger partial charge in [0.25, 0.3) is 0 Å². The highest BCUT2D eigenvalue weighted by Gasteiger charge is 2.66. The molecule has 3 aliphatic rings. The molecule has 0 radical (unpaired) electrons. The van der Waals surface area contributed by atoms with E-state index in [0.717, 1.165) is 24.0 Å². The summed E-state index contributed by atoms with van der Waals surface area (Å²) in [5.41, 5.74) is 3.67. The highest BCUT2D eigenvalue weighted by molar-refractivity contribution is 5.90. The second-order valence-electron chi connectivity index (χ2n) is 9.83. The summed E-state index contributed by atoms with van der Waals surface area (Å²) in [6.45, 7) is 2.90. The van der Waals surface area contributed by atoms with Crippen molar-refractivity contribution < 1.29 is 24.2 Å². The third kappa shape index (κ3) is 3.83. The Kier molecular flexibility index (Phi) is 5.80. The molecule has 1 saturated heterocycles. The summed E-state index contributed by atoms with van der Waals surface area (Å²) in [7, 11) is 0. The molecule has 1 aliphatic heterocycles. The number of likely N-dealkylation sites (tertiary alicyclic amines) is 1. The molecule has 2 aliphatic carbocycles. The Morgan fingerprint density at radius 2 is 1.76 bits per heavy atom. The van der Waals surface area contributed by atoms with Gasteiger partial charge in [-0.1, -0.05) is 55.5 Å². The Bertz CT molecular complexity index is 1090. The van der Waals surface area contributed by atoms with Crippen LogP contribution in [0.2, 0.25) is 0 Å². The van der Waals surface area contributed by atoms with Gasteiger partial charge < -0.3 is 20.1 Å². The van der Waals surface area contributed by atoms with Crippen LogP contribution in [-0.2, 0) is 14.3 Å². The van der Waals surface area contributed by atoms with Crippen LogP contribution in [0.15, 0.2) is 48.5 Å². The van der Waals surface area contributed by atoms with Gasteiger partial charge in [0.05, 0.1) is 0 Å². The number of hydrogen-bond acceptors (Lipinski definition) is 4. The number of carbonyl (C=O) groups is 3. The van der Waals surface area contributed by atoms with Crippen LogP contribution in [0.3, 0.4) is 0 Å². The molecule has 7 heteroatoms. The van der Waals surface area contributed by atoms with E-state index in [1.54, 1.807) is 4.90 Å². The number of ether oxygens (including phenoxy) is 1. The van der Waals surface area contributed by atoms with Gasteiger partial charge in [0, 0.05) is 25.4 Å². The Morgan fingerprint density at radius 1 is 1.12 bits per heavy atom. The van der Waals surface area contributed by atoms with Crippen molar-refractivity contribution in [1.29, 1.82) is 0 Å². The molecule has 0 aromatic heterocycles. The van der Waals surface area contributed by atoms with Crippen molar-refractivity contribution >= 4 is 18.0 Å². The maximum atomic E-state index is 12.9.